The lowest BCUT2D eigenvalue weighted by Crippen LogP contribution is -2.14. The van der Waals surface area contributed by atoms with Crippen molar-refractivity contribution in [2.24, 2.45) is 0 Å². The van der Waals surface area contributed by atoms with Crippen molar-refractivity contribution in [2.75, 3.05) is 5.32 Å². The summed E-state index contributed by atoms with van der Waals surface area (Å²) in [4.78, 5) is 12.2. The number of hydrogen-bond donors (Lipinski definition) is 2. The van der Waals surface area contributed by atoms with Gasteiger partial charge >= 0.3 is 0 Å². The van der Waals surface area contributed by atoms with Gasteiger partial charge in [-0.05, 0) is 35.7 Å². The number of fused-ring (bicyclic) bond motifs is 2. The van der Waals surface area contributed by atoms with Crippen LogP contribution in [0, 0.1) is 0 Å². The first-order valence-corrected chi connectivity index (χ1v) is 7.56. The highest BCUT2D eigenvalue weighted by atomic mass is 16.1. The van der Waals surface area contributed by atoms with Gasteiger partial charge < -0.3 is 9.88 Å². The van der Waals surface area contributed by atoms with Crippen molar-refractivity contribution in [3.8, 4) is 0 Å². The van der Waals surface area contributed by atoms with Gasteiger partial charge in [-0.25, -0.2) is 0 Å². The molecule has 4 aromatic rings. The quantitative estimate of drug-likeness (QED) is 0.605. The SMILES string of the molecule is O=C(CCn1ccc2ccccc21)Nc1ccc2cn[nH]c2c1. The van der Waals surface area contributed by atoms with Gasteiger partial charge in [0.2, 0.25) is 5.91 Å². The van der Waals surface area contributed by atoms with Gasteiger partial charge in [0.05, 0.1) is 11.7 Å². The van der Waals surface area contributed by atoms with Crippen molar-refractivity contribution in [3.05, 3.63) is 60.9 Å². The van der Waals surface area contributed by atoms with Gasteiger partial charge in [-0.1, -0.05) is 18.2 Å². The summed E-state index contributed by atoms with van der Waals surface area (Å²) in [6.07, 6.45) is 4.21. The summed E-state index contributed by atoms with van der Waals surface area (Å²) >= 11 is 0. The van der Waals surface area contributed by atoms with Gasteiger partial charge in [-0.15, -0.1) is 0 Å². The van der Waals surface area contributed by atoms with Crippen LogP contribution >= 0.6 is 0 Å². The van der Waals surface area contributed by atoms with E-state index in [0.29, 0.717) is 13.0 Å². The molecule has 2 heterocycles. The van der Waals surface area contributed by atoms with Crippen molar-refractivity contribution in [1.82, 2.24) is 14.8 Å². The van der Waals surface area contributed by atoms with Crippen molar-refractivity contribution in [2.45, 2.75) is 13.0 Å². The lowest BCUT2D eigenvalue weighted by Gasteiger charge is -2.07. The molecule has 23 heavy (non-hydrogen) atoms. The Kier molecular flexibility index (Phi) is 3.31. The highest BCUT2D eigenvalue weighted by Gasteiger charge is 2.06. The molecule has 4 rings (SSSR count). The second-order valence-electron chi connectivity index (χ2n) is 5.54. The van der Waals surface area contributed by atoms with Crippen LogP contribution in [0.4, 0.5) is 5.69 Å². The van der Waals surface area contributed by atoms with Crippen LogP contribution in [0.15, 0.2) is 60.9 Å². The maximum atomic E-state index is 12.2. The number of hydrogen-bond acceptors (Lipinski definition) is 2. The van der Waals surface area contributed by atoms with Gasteiger partial charge in [0.15, 0.2) is 0 Å². The van der Waals surface area contributed by atoms with Gasteiger partial charge in [0.1, 0.15) is 0 Å². The monoisotopic (exact) mass is 304 g/mol. The highest BCUT2D eigenvalue weighted by Crippen LogP contribution is 2.18. The van der Waals surface area contributed by atoms with Crippen molar-refractivity contribution >= 4 is 33.4 Å². The molecule has 0 radical (unpaired) electrons. The number of aryl methyl sites for hydroxylation is 1. The largest absolute Gasteiger partial charge is 0.347 e. The summed E-state index contributed by atoms with van der Waals surface area (Å²) in [7, 11) is 0. The molecule has 1 amide bonds. The zero-order valence-electron chi connectivity index (χ0n) is 12.5. The molecule has 0 aliphatic carbocycles. The van der Waals surface area contributed by atoms with E-state index in [1.807, 2.05) is 36.5 Å². The molecular formula is C18H16N4O. The van der Waals surface area contributed by atoms with E-state index in [2.05, 4.69) is 38.3 Å². The maximum absolute atomic E-state index is 12.2. The molecule has 2 N–H and O–H groups in total. The Labute approximate surface area is 132 Å². The maximum Gasteiger partial charge on any atom is 0.226 e. The predicted octanol–water partition coefficient (Wildman–Crippen LogP) is 3.55. The standard InChI is InChI=1S/C18H16N4O/c23-18(20-15-6-5-14-12-19-21-16(14)11-15)8-10-22-9-7-13-3-1-2-4-17(13)22/h1-7,9,11-12H,8,10H2,(H,19,21)(H,20,23). The Hall–Kier alpha value is -3.08. The minimum absolute atomic E-state index is 0.00152. The van der Waals surface area contributed by atoms with Gasteiger partial charge in [0, 0.05) is 35.8 Å². The van der Waals surface area contributed by atoms with Crippen LogP contribution < -0.4 is 5.32 Å². The number of anilines is 1. The van der Waals surface area contributed by atoms with Crippen LogP contribution in [0.2, 0.25) is 0 Å². The summed E-state index contributed by atoms with van der Waals surface area (Å²) in [6.45, 7) is 0.658. The van der Waals surface area contributed by atoms with Crippen molar-refractivity contribution in [1.29, 1.82) is 0 Å². The van der Waals surface area contributed by atoms with E-state index < -0.39 is 0 Å². The molecule has 0 unspecified atom stereocenters. The van der Waals surface area contributed by atoms with E-state index in [1.54, 1.807) is 6.20 Å². The van der Waals surface area contributed by atoms with E-state index in [-0.39, 0.29) is 5.91 Å². The average Bonchev–Trinajstić information content (AvgIpc) is 3.19. The number of H-pyrrole nitrogens is 1. The third-order valence-corrected chi connectivity index (χ3v) is 3.99. The van der Waals surface area contributed by atoms with E-state index in [0.717, 1.165) is 22.1 Å². The Balaban J connectivity index is 1.43. The summed E-state index contributed by atoms with van der Waals surface area (Å²) in [6, 6.07) is 16.0. The molecular weight excluding hydrogens is 288 g/mol. The predicted molar refractivity (Wildman–Crippen MR) is 91.3 cm³/mol. The Morgan fingerprint density at radius 2 is 2.04 bits per heavy atom. The minimum atomic E-state index is 0.00152. The molecule has 0 saturated carbocycles. The van der Waals surface area contributed by atoms with E-state index in [9.17, 15) is 4.79 Å². The number of nitrogens with zero attached hydrogens (tertiary/aromatic N) is 2. The topological polar surface area (TPSA) is 62.7 Å². The zero-order valence-corrected chi connectivity index (χ0v) is 12.5. The van der Waals surface area contributed by atoms with Crippen LogP contribution in [0.1, 0.15) is 6.42 Å². The van der Waals surface area contributed by atoms with E-state index in [4.69, 9.17) is 0 Å². The lowest BCUT2D eigenvalue weighted by molar-refractivity contribution is -0.116. The summed E-state index contributed by atoms with van der Waals surface area (Å²) in [5.41, 5.74) is 2.85. The Morgan fingerprint density at radius 1 is 1.13 bits per heavy atom. The van der Waals surface area contributed by atoms with E-state index >= 15 is 0 Å². The first kappa shape index (κ1) is 13.6. The number of aromatic amines is 1. The molecule has 2 aromatic carbocycles. The van der Waals surface area contributed by atoms with Crippen LogP contribution in [0.25, 0.3) is 21.8 Å². The third-order valence-electron chi connectivity index (χ3n) is 3.99. The van der Waals surface area contributed by atoms with E-state index in [1.165, 1.54) is 5.39 Å². The minimum Gasteiger partial charge on any atom is -0.347 e. The molecule has 0 atom stereocenters. The highest BCUT2D eigenvalue weighted by molar-refractivity contribution is 5.93. The number of carbonyl (C=O) groups excluding carboxylic acids is 1. The molecule has 2 aromatic heterocycles. The van der Waals surface area contributed by atoms with Crippen molar-refractivity contribution < 1.29 is 4.79 Å². The fourth-order valence-electron chi connectivity index (χ4n) is 2.80. The summed E-state index contributed by atoms with van der Waals surface area (Å²) in [5, 5.41) is 12.0. The molecule has 0 spiro atoms. The van der Waals surface area contributed by atoms with Gasteiger partial charge in [0.25, 0.3) is 0 Å². The smallest absolute Gasteiger partial charge is 0.226 e. The molecule has 0 aliphatic rings. The van der Waals surface area contributed by atoms with Crippen LogP contribution in [-0.4, -0.2) is 20.7 Å². The first-order chi connectivity index (χ1) is 11.3. The number of para-hydroxylation sites is 1. The van der Waals surface area contributed by atoms with Crippen LogP contribution in [-0.2, 0) is 11.3 Å². The Morgan fingerprint density at radius 3 is 3.00 bits per heavy atom. The molecule has 0 fully saturated rings. The number of amides is 1. The zero-order chi connectivity index (χ0) is 15.6. The molecule has 114 valence electrons. The Bertz CT molecular complexity index is 983. The summed E-state index contributed by atoms with van der Waals surface area (Å²) < 4.78 is 2.10. The van der Waals surface area contributed by atoms with Crippen LogP contribution in [0.5, 0.6) is 0 Å². The van der Waals surface area contributed by atoms with Crippen molar-refractivity contribution in [3.63, 3.8) is 0 Å². The number of carbonyl (C=O) groups is 1. The summed E-state index contributed by atoms with van der Waals surface area (Å²) in [5.74, 6) is 0.00152. The normalized spacial score (nSPS) is 11.1. The molecule has 0 bridgehead atoms. The fourth-order valence-corrected chi connectivity index (χ4v) is 2.80. The number of aromatic nitrogens is 3. The number of nitrogens with one attached hydrogen (secondary N) is 2. The molecule has 0 saturated heterocycles. The number of rotatable bonds is 4. The average molecular weight is 304 g/mol. The number of benzene rings is 2. The van der Waals surface area contributed by atoms with Gasteiger partial charge in [-0.3, -0.25) is 9.89 Å². The molecule has 0 aliphatic heterocycles. The van der Waals surface area contributed by atoms with Crippen LogP contribution in [0.3, 0.4) is 0 Å². The first-order valence-electron chi connectivity index (χ1n) is 7.56. The second-order valence-corrected chi connectivity index (χ2v) is 5.54. The fraction of sp³-hybridized carbons (Fsp3) is 0.111. The molecule has 5 nitrogen and oxygen atoms in total. The lowest BCUT2D eigenvalue weighted by atomic mass is 10.2. The molecule has 5 heteroatoms. The second kappa shape index (κ2) is 5.61. The van der Waals surface area contributed by atoms with Gasteiger partial charge in [-0.2, -0.15) is 5.10 Å². The third kappa shape index (κ3) is 2.68.